The average molecular weight is 226 g/mol. The van der Waals surface area contributed by atoms with Gasteiger partial charge in [0.25, 0.3) is 0 Å². The van der Waals surface area contributed by atoms with Crippen molar-refractivity contribution in [3.8, 4) is 0 Å². The molecule has 0 saturated heterocycles. The van der Waals surface area contributed by atoms with E-state index in [9.17, 15) is 4.39 Å². The highest BCUT2D eigenvalue weighted by atomic mass is 32.2. The highest BCUT2D eigenvalue weighted by Crippen LogP contribution is 2.42. The molecular formula is C11H15FN2S. The molecule has 2 nitrogen and oxygen atoms in total. The molecule has 1 saturated carbocycles. The van der Waals surface area contributed by atoms with Crippen LogP contribution in [-0.4, -0.2) is 22.5 Å². The minimum absolute atomic E-state index is 0.375. The smallest absolute Gasteiger partial charge is 0.214 e. The predicted molar refractivity (Wildman–Crippen MR) is 62.8 cm³/mol. The lowest BCUT2D eigenvalue weighted by atomic mass is 9.84. The third kappa shape index (κ3) is 2.43. The van der Waals surface area contributed by atoms with Crippen molar-refractivity contribution in [1.82, 2.24) is 4.98 Å². The van der Waals surface area contributed by atoms with Crippen LogP contribution in [0.1, 0.15) is 19.3 Å². The SMILES string of the molecule is CSC1(CNc2ccnc(F)c2)CCC1. The minimum Gasteiger partial charge on any atom is -0.383 e. The lowest BCUT2D eigenvalue weighted by Crippen LogP contribution is -2.40. The van der Waals surface area contributed by atoms with Crippen LogP contribution in [0.15, 0.2) is 18.3 Å². The van der Waals surface area contributed by atoms with E-state index in [0.29, 0.717) is 4.75 Å². The summed E-state index contributed by atoms with van der Waals surface area (Å²) < 4.78 is 13.2. The van der Waals surface area contributed by atoms with Crippen molar-refractivity contribution >= 4 is 17.4 Å². The molecule has 1 aliphatic carbocycles. The molecule has 1 N–H and O–H groups in total. The molecule has 1 aromatic rings. The Morgan fingerprint density at radius 3 is 2.93 bits per heavy atom. The lowest BCUT2D eigenvalue weighted by molar-refractivity contribution is 0.380. The third-order valence-corrected chi connectivity index (χ3v) is 4.46. The van der Waals surface area contributed by atoms with Gasteiger partial charge in [0.2, 0.25) is 5.95 Å². The normalized spacial score (nSPS) is 18.3. The van der Waals surface area contributed by atoms with Crippen molar-refractivity contribution in [1.29, 1.82) is 0 Å². The molecule has 1 aromatic heterocycles. The molecule has 82 valence electrons. The maximum Gasteiger partial charge on any atom is 0.214 e. The molecule has 0 amide bonds. The van der Waals surface area contributed by atoms with Gasteiger partial charge in [0.05, 0.1) is 0 Å². The molecule has 15 heavy (non-hydrogen) atoms. The average Bonchev–Trinajstić information content (AvgIpc) is 2.17. The van der Waals surface area contributed by atoms with Crippen LogP contribution in [0.4, 0.5) is 10.1 Å². The van der Waals surface area contributed by atoms with Gasteiger partial charge < -0.3 is 5.32 Å². The highest BCUT2D eigenvalue weighted by molar-refractivity contribution is 8.00. The zero-order valence-electron chi connectivity index (χ0n) is 8.79. The molecule has 0 unspecified atom stereocenters. The van der Waals surface area contributed by atoms with E-state index in [1.54, 1.807) is 6.07 Å². The summed E-state index contributed by atoms with van der Waals surface area (Å²) in [5.41, 5.74) is 0.822. The van der Waals surface area contributed by atoms with Crippen molar-refractivity contribution in [2.75, 3.05) is 18.1 Å². The number of nitrogens with one attached hydrogen (secondary N) is 1. The van der Waals surface area contributed by atoms with Crippen LogP contribution in [0, 0.1) is 5.95 Å². The molecule has 0 radical (unpaired) electrons. The Morgan fingerprint density at radius 1 is 1.60 bits per heavy atom. The van der Waals surface area contributed by atoms with Crippen molar-refractivity contribution in [3.63, 3.8) is 0 Å². The lowest BCUT2D eigenvalue weighted by Gasteiger charge is -2.40. The fraction of sp³-hybridized carbons (Fsp3) is 0.545. The number of aromatic nitrogens is 1. The number of rotatable bonds is 4. The summed E-state index contributed by atoms with van der Waals surface area (Å²) in [6, 6.07) is 3.24. The van der Waals surface area contributed by atoms with Gasteiger partial charge in [-0.15, -0.1) is 0 Å². The zero-order valence-corrected chi connectivity index (χ0v) is 9.61. The molecule has 2 rings (SSSR count). The Balaban J connectivity index is 1.92. The summed E-state index contributed by atoms with van der Waals surface area (Å²) in [6.07, 6.45) is 7.47. The van der Waals surface area contributed by atoms with Gasteiger partial charge in [-0.05, 0) is 25.2 Å². The van der Waals surface area contributed by atoms with Gasteiger partial charge in [0.15, 0.2) is 0 Å². The summed E-state index contributed by atoms with van der Waals surface area (Å²) >= 11 is 1.91. The standard InChI is InChI=1S/C11H15FN2S/c1-15-11(4-2-5-11)8-14-9-3-6-13-10(12)7-9/h3,6-7H,2,4-5,8H2,1H3,(H,13,14). The first kappa shape index (κ1) is 10.7. The van der Waals surface area contributed by atoms with Crippen molar-refractivity contribution < 1.29 is 4.39 Å². The molecule has 0 aromatic carbocycles. The van der Waals surface area contributed by atoms with Crippen molar-refractivity contribution in [3.05, 3.63) is 24.3 Å². The minimum atomic E-state index is -0.424. The maximum atomic E-state index is 12.8. The quantitative estimate of drug-likeness (QED) is 0.799. The second kappa shape index (κ2) is 4.39. The number of nitrogens with zero attached hydrogens (tertiary/aromatic N) is 1. The van der Waals surface area contributed by atoms with Gasteiger partial charge in [0.1, 0.15) is 0 Å². The first-order chi connectivity index (χ1) is 7.24. The third-order valence-electron chi connectivity index (χ3n) is 3.04. The number of halogens is 1. The number of hydrogen-bond acceptors (Lipinski definition) is 3. The first-order valence-corrected chi connectivity index (χ1v) is 6.37. The Kier molecular flexibility index (Phi) is 3.14. The van der Waals surface area contributed by atoms with E-state index >= 15 is 0 Å². The first-order valence-electron chi connectivity index (χ1n) is 5.15. The van der Waals surface area contributed by atoms with E-state index in [2.05, 4.69) is 16.6 Å². The Hall–Kier alpha value is -0.770. The second-order valence-corrected chi connectivity index (χ2v) is 5.24. The predicted octanol–water partition coefficient (Wildman–Crippen LogP) is 2.92. The van der Waals surface area contributed by atoms with Crippen LogP contribution in [0.3, 0.4) is 0 Å². The number of pyridine rings is 1. The van der Waals surface area contributed by atoms with Gasteiger partial charge in [0, 0.05) is 29.2 Å². The topological polar surface area (TPSA) is 24.9 Å². The van der Waals surface area contributed by atoms with E-state index < -0.39 is 5.95 Å². The summed E-state index contributed by atoms with van der Waals surface area (Å²) in [5, 5.41) is 3.28. The molecule has 0 aliphatic heterocycles. The zero-order chi connectivity index (χ0) is 10.7. The molecule has 0 atom stereocenters. The van der Waals surface area contributed by atoms with E-state index in [-0.39, 0.29) is 0 Å². The van der Waals surface area contributed by atoms with Crippen LogP contribution in [0.2, 0.25) is 0 Å². The molecule has 1 aliphatic rings. The van der Waals surface area contributed by atoms with E-state index in [1.807, 2.05) is 11.8 Å². The Bertz CT molecular complexity index is 334. The summed E-state index contributed by atoms with van der Waals surface area (Å²) in [6.45, 7) is 0.914. The second-order valence-electron chi connectivity index (χ2n) is 3.96. The van der Waals surface area contributed by atoms with E-state index in [1.165, 1.54) is 31.5 Å². The van der Waals surface area contributed by atoms with Crippen LogP contribution < -0.4 is 5.32 Å². The summed E-state index contributed by atoms with van der Waals surface area (Å²) in [7, 11) is 0. The molecule has 1 fully saturated rings. The fourth-order valence-corrected chi connectivity index (χ4v) is 2.71. The van der Waals surface area contributed by atoms with Crippen LogP contribution in [-0.2, 0) is 0 Å². The van der Waals surface area contributed by atoms with Crippen molar-refractivity contribution in [2.24, 2.45) is 0 Å². The molecule has 1 heterocycles. The summed E-state index contributed by atoms with van der Waals surface area (Å²) in [5.74, 6) is -0.424. The fourth-order valence-electron chi connectivity index (χ4n) is 1.80. The highest BCUT2D eigenvalue weighted by Gasteiger charge is 2.35. The van der Waals surface area contributed by atoms with Crippen molar-refractivity contribution in [2.45, 2.75) is 24.0 Å². The van der Waals surface area contributed by atoms with Gasteiger partial charge in [-0.3, -0.25) is 0 Å². The van der Waals surface area contributed by atoms with Crippen LogP contribution in [0.5, 0.6) is 0 Å². The van der Waals surface area contributed by atoms with E-state index in [0.717, 1.165) is 12.2 Å². The monoisotopic (exact) mass is 226 g/mol. The number of anilines is 1. The number of thioether (sulfide) groups is 1. The van der Waals surface area contributed by atoms with Gasteiger partial charge in [-0.2, -0.15) is 16.2 Å². The largest absolute Gasteiger partial charge is 0.383 e. The van der Waals surface area contributed by atoms with Crippen LogP contribution in [0.25, 0.3) is 0 Å². The Labute approximate surface area is 93.7 Å². The molecule has 4 heteroatoms. The Morgan fingerprint density at radius 2 is 2.40 bits per heavy atom. The molecule has 0 spiro atoms. The van der Waals surface area contributed by atoms with Gasteiger partial charge in [-0.25, -0.2) is 4.98 Å². The molecular weight excluding hydrogens is 211 g/mol. The molecule has 0 bridgehead atoms. The maximum absolute atomic E-state index is 12.8. The van der Waals surface area contributed by atoms with Gasteiger partial charge in [-0.1, -0.05) is 6.42 Å². The number of hydrogen-bond donors (Lipinski definition) is 1. The summed E-state index contributed by atoms with van der Waals surface area (Å²) in [4.78, 5) is 3.53. The van der Waals surface area contributed by atoms with Gasteiger partial charge >= 0.3 is 0 Å². The van der Waals surface area contributed by atoms with Crippen LogP contribution >= 0.6 is 11.8 Å². The van der Waals surface area contributed by atoms with E-state index in [4.69, 9.17) is 0 Å².